The summed E-state index contributed by atoms with van der Waals surface area (Å²) in [5.74, 6) is -0.151. The van der Waals surface area contributed by atoms with Crippen LogP contribution in [0.1, 0.15) is 10.4 Å². The van der Waals surface area contributed by atoms with Gasteiger partial charge in [0.1, 0.15) is 5.75 Å². The van der Waals surface area contributed by atoms with Gasteiger partial charge < -0.3 is 14.5 Å². The highest BCUT2D eigenvalue weighted by molar-refractivity contribution is 5.94. The Labute approximate surface area is 136 Å². The van der Waals surface area contributed by atoms with Crippen molar-refractivity contribution in [1.82, 2.24) is 9.55 Å². The average molecular weight is 326 g/mol. The van der Waals surface area contributed by atoms with Crippen molar-refractivity contribution in [2.45, 2.75) is 0 Å². The molecule has 0 atom stereocenters. The molecule has 0 radical (unpaired) electrons. The first-order chi connectivity index (χ1) is 11.6. The Hall–Kier alpha value is -3.35. The predicted octanol–water partition coefficient (Wildman–Crippen LogP) is 1.47. The molecule has 24 heavy (non-hydrogen) atoms. The maximum Gasteiger partial charge on any atom is 0.337 e. The summed E-state index contributed by atoms with van der Waals surface area (Å²) < 4.78 is 10.9. The van der Waals surface area contributed by atoms with Gasteiger partial charge in [-0.15, -0.1) is 0 Å². The number of ether oxygens (including phenoxy) is 2. The number of rotatable bonds is 3. The van der Waals surface area contributed by atoms with E-state index in [1.165, 1.54) is 32.4 Å². The molecule has 0 aliphatic rings. The molecular formula is C17H14N2O5. The summed E-state index contributed by atoms with van der Waals surface area (Å²) in [6.07, 6.45) is 0. The average Bonchev–Trinajstić information content (AvgIpc) is 2.61. The Morgan fingerprint density at radius 3 is 2.54 bits per heavy atom. The summed E-state index contributed by atoms with van der Waals surface area (Å²) >= 11 is 0. The second-order valence-corrected chi connectivity index (χ2v) is 4.99. The standard InChI is InChI=1S/C17H14N2O5/c1-23-14-6-4-3-5-13(14)19-15(20)11-8-7-10(16(21)24-2)9-12(11)18-17(19)22/h3-9H,1-2H3,(H,18,22). The van der Waals surface area contributed by atoms with E-state index in [0.29, 0.717) is 11.4 Å². The summed E-state index contributed by atoms with van der Waals surface area (Å²) in [5, 5.41) is 0.271. The Morgan fingerprint density at radius 2 is 1.83 bits per heavy atom. The fraction of sp³-hybridized carbons (Fsp3) is 0.118. The van der Waals surface area contributed by atoms with Crippen molar-refractivity contribution in [2.75, 3.05) is 14.2 Å². The van der Waals surface area contributed by atoms with Crippen LogP contribution in [0.3, 0.4) is 0 Å². The van der Waals surface area contributed by atoms with Gasteiger partial charge in [-0.3, -0.25) is 4.79 Å². The van der Waals surface area contributed by atoms with Gasteiger partial charge in [-0.2, -0.15) is 0 Å². The van der Waals surface area contributed by atoms with Gasteiger partial charge in [0.25, 0.3) is 5.56 Å². The van der Waals surface area contributed by atoms with E-state index in [1.54, 1.807) is 24.3 Å². The van der Waals surface area contributed by atoms with E-state index in [0.717, 1.165) is 4.57 Å². The van der Waals surface area contributed by atoms with Crippen molar-refractivity contribution in [3.8, 4) is 11.4 Å². The molecule has 0 unspecified atom stereocenters. The van der Waals surface area contributed by atoms with Crippen LogP contribution in [0.15, 0.2) is 52.1 Å². The van der Waals surface area contributed by atoms with Crippen molar-refractivity contribution in [3.05, 3.63) is 68.9 Å². The zero-order valence-corrected chi connectivity index (χ0v) is 13.0. The van der Waals surface area contributed by atoms with Gasteiger partial charge in [-0.1, -0.05) is 12.1 Å². The third-order valence-corrected chi connectivity index (χ3v) is 3.64. The number of esters is 1. The second-order valence-electron chi connectivity index (χ2n) is 4.99. The van der Waals surface area contributed by atoms with Crippen molar-refractivity contribution >= 4 is 16.9 Å². The zero-order valence-electron chi connectivity index (χ0n) is 13.0. The van der Waals surface area contributed by atoms with E-state index in [1.807, 2.05) is 0 Å². The summed E-state index contributed by atoms with van der Waals surface area (Å²) in [5.41, 5.74) is -0.284. The van der Waals surface area contributed by atoms with E-state index in [4.69, 9.17) is 4.74 Å². The molecule has 0 aliphatic heterocycles. The van der Waals surface area contributed by atoms with Gasteiger partial charge in [-0.25, -0.2) is 14.2 Å². The number of methoxy groups -OCH3 is 2. The second kappa shape index (κ2) is 6.04. The monoisotopic (exact) mass is 326 g/mol. The number of para-hydroxylation sites is 2. The van der Waals surface area contributed by atoms with Gasteiger partial charge in [0.2, 0.25) is 0 Å². The van der Waals surface area contributed by atoms with Crippen LogP contribution in [-0.2, 0) is 4.74 Å². The summed E-state index contributed by atoms with van der Waals surface area (Å²) in [4.78, 5) is 39.3. The first-order valence-electron chi connectivity index (χ1n) is 7.07. The Morgan fingerprint density at radius 1 is 1.08 bits per heavy atom. The number of fused-ring (bicyclic) bond motifs is 1. The molecule has 7 nitrogen and oxygen atoms in total. The molecule has 0 amide bonds. The molecule has 0 spiro atoms. The number of aromatic amines is 1. The van der Waals surface area contributed by atoms with Crippen LogP contribution in [0.4, 0.5) is 0 Å². The minimum absolute atomic E-state index is 0.245. The summed E-state index contributed by atoms with van der Waals surface area (Å²) in [6.45, 7) is 0. The van der Waals surface area contributed by atoms with Crippen LogP contribution < -0.4 is 16.0 Å². The molecule has 3 aromatic rings. The SMILES string of the molecule is COC(=O)c1ccc2c(=O)n(-c3ccccc3OC)c(=O)[nH]c2c1. The fourth-order valence-electron chi connectivity index (χ4n) is 2.50. The number of nitrogens with one attached hydrogen (secondary N) is 1. The highest BCUT2D eigenvalue weighted by Gasteiger charge is 2.14. The lowest BCUT2D eigenvalue weighted by molar-refractivity contribution is 0.0601. The minimum Gasteiger partial charge on any atom is -0.495 e. The molecule has 7 heteroatoms. The summed E-state index contributed by atoms with van der Waals surface area (Å²) in [6, 6.07) is 11.1. The van der Waals surface area contributed by atoms with Crippen molar-refractivity contribution in [2.24, 2.45) is 0 Å². The molecule has 0 fully saturated rings. The first kappa shape index (κ1) is 15.5. The molecular weight excluding hydrogens is 312 g/mol. The maximum absolute atomic E-state index is 12.7. The van der Waals surface area contributed by atoms with Crippen LogP contribution in [0.25, 0.3) is 16.6 Å². The molecule has 3 rings (SSSR count). The molecule has 2 aromatic carbocycles. The number of aromatic nitrogens is 2. The van der Waals surface area contributed by atoms with Gasteiger partial charge in [0, 0.05) is 0 Å². The fourth-order valence-corrected chi connectivity index (χ4v) is 2.50. The van der Waals surface area contributed by atoms with Crippen molar-refractivity contribution < 1.29 is 14.3 Å². The van der Waals surface area contributed by atoms with Gasteiger partial charge in [0.15, 0.2) is 0 Å². The topological polar surface area (TPSA) is 90.4 Å². The van der Waals surface area contributed by atoms with Crippen LogP contribution in [0, 0.1) is 0 Å². The number of hydrogen-bond acceptors (Lipinski definition) is 5. The first-order valence-corrected chi connectivity index (χ1v) is 7.07. The van der Waals surface area contributed by atoms with Gasteiger partial charge >= 0.3 is 11.7 Å². The van der Waals surface area contributed by atoms with Crippen LogP contribution in [0.2, 0.25) is 0 Å². The normalized spacial score (nSPS) is 10.6. The Balaban J connectivity index is 2.31. The molecule has 0 aliphatic carbocycles. The molecule has 1 N–H and O–H groups in total. The van der Waals surface area contributed by atoms with Crippen LogP contribution >= 0.6 is 0 Å². The van der Waals surface area contributed by atoms with E-state index in [9.17, 15) is 14.4 Å². The third kappa shape index (κ3) is 2.45. The molecule has 122 valence electrons. The number of H-pyrrole nitrogens is 1. The quantitative estimate of drug-likeness (QED) is 0.736. The zero-order chi connectivity index (χ0) is 17.3. The number of benzene rings is 2. The molecule has 0 saturated carbocycles. The lowest BCUT2D eigenvalue weighted by Gasteiger charge is -2.10. The summed E-state index contributed by atoms with van der Waals surface area (Å²) in [7, 11) is 2.72. The number of carbonyl (C=O) groups is 1. The number of nitrogens with zero attached hydrogens (tertiary/aromatic N) is 1. The smallest absolute Gasteiger partial charge is 0.337 e. The lowest BCUT2D eigenvalue weighted by Crippen LogP contribution is -2.33. The molecule has 1 aromatic heterocycles. The molecule has 0 saturated heterocycles. The third-order valence-electron chi connectivity index (χ3n) is 3.64. The Bertz CT molecular complexity index is 1050. The van der Waals surface area contributed by atoms with Gasteiger partial charge in [0.05, 0.1) is 36.4 Å². The van der Waals surface area contributed by atoms with Crippen LogP contribution in [-0.4, -0.2) is 29.7 Å². The van der Waals surface area contributed by atoms with E-state index in [2.05, 4.69) is 9.72 Å². The van der Waals surface area contributed by atoms with E-state index < -0.39 is 17.2 Å². The largest absolute Gasteiger partial charge is 0.495 e. The molecule has 1 heterocycles. The Kier molecular flexibility index (Phi) is 3.91. The van der Waals surface area contributed by atoms with Crippen molar-refractivity contribution in [3.63, 3.8) is 0 Å². The van der Waals surface area contributed by atoms with E-state index in [-0.39, 0.29) is 16.5 Å². The van der Waals surface area contributed by atoms with Gasteiger partial charge in [-0.05, 0) is 30.3 Å². The van der Waals surface area contributed by atoms with E-state index >= 15 is 0 Å². The highest BCUT2D eigenvalue weighted by atomic mass is 16.5. The van der Waals surface area contributed by atoms with Crippen LogP contribution in [0.5, 0.6) is 5.75 Å². The van der Waals surface area contributed by atoms with Crippen molar-refractivity contribution in [1.29, 1.82) is 0 Å². The minimum atomic E-state index is -0.626. The highest BCUT2D eigenvalue weighted by Crippen LogP contribution is 2.20. The molecule has 0 bridgehead atoms. The number of hydrogen-bond donors (Lipinski definition) is 1. The lowest BCUT2D eigenvalue weighted by atomic mass is 10.1. The maximum atomic E-state index is 12.7. The predicted molar refractivity (Wildman–Crippen MR) is 88.1 cm³/mol. The number of carbonyl (C=O) groups excluding carboxylic acids is 1.